The molecular weight excluding hydrogens is 182 g/mol. The van der Waals surface area contributed by atoms with E-state index >= 15 is 0 Å². The normalized spacial score (nSPS) is 8.93. The molecule has 0 atom stereocenters. The highest BCUT2D eigenvalue weighted by Crippen LogP contribution is 2.13. The zero-order chi connectivity index (χ0) is 10.4. The predicted octanol–water partition coefficient (Wildman–Crippen LogP) is 0.690. The van der Waals surface area contributed by atoms with Gasteiger partial charge in [0, 0.05) is 25.2 Å². The first kappa shape index (κ1) is 10.2. The minimum atomic E-state index is -0.501. The van der Waals surface area contributed by atoms with Gasteiger partial charge in [0.2, 0.25) is 0 Å². The van der Waals surface area contributed by atoms with Crippen molar-refractivity contribution in [2.24, 2.45) is 5.73 Å². The Bertz CT molecular complexity index is 393. The summed E-state index contributed by atoms with van der Waals surface area (Å²) >= 11 is 0. The first-order valence-corrected chi connectivity index (χ1v) is 4.04. The SMILES string of the molecule is NCCC#Cc1ncccc1[N+](=O)[O-]. The molecule has 0 fully saturated rings. The van der Waals surface area contributed by atoms with Crippen LogP contribution < -0.4 is 5.73 Å². The van der Waals surface area contributed by atoms with Crippen LogP contribution in [0.3, 0.4) is 0 Å². The van der Waals surface area contributed by atoms with Crippen molar-refractivity contribution in [2.75, 3.05) is 6.54 Å². The number of nitro groups is 1. The largest absolute Gasteiger partial charge is 0.330 e. The van der Waals surface area contributed by atoms with Gasteiger partial charge in [-0.05, 0) is 12.0 Å². The first-order valence-electron chi connectivity index (χ1n) is 4.04. The molecule has 0 saturated carbocycles. The number of hydrogen-bond donors (Lipinski definition) is 1. The summed E-state index contributed by atoms with van der Waals surface area (Å²) in [5.74, 6) is 5.32. The van der Waals surface area contributed by atoms with E-state index in [1.807, 2.05) is 0 Å². The van der Waals surface area contributed by atoms with E-state index in [0.29, 0.717) is 13.0 Å². The Morgan fingerprint density at radius 1 is 1.64 bits per heavy atom. The van der Waals surface area contributed by atoms with Crippen LogP contribution in [0, 0.1) is 22.0 Å². The van der Waals surface area contributed by atoms with Gasteiger partial charge in [0.15, 0.2) is 5.69 Å². The standard InChI is InChI=1S/C9H9N3O2/c10-6-2-1-4-8-9(12(13)14)5-3-7-11-8/h3,5,7H,2,6,10H2. The number of nitrogens with two attached hydrogens (primary N) is 1. The maximum atomic E-state index is 10.5. The molecule has 0 saturated heterocycles. The highest BCUT2D eigenvalue weighted by Gasteiger charge is 2.10. The molecule has 1 rings (SSSR count). The summed E-state index contributed by atoms with van der Waals surface area (Å²) in [6.07, 6.45) is 1.98. The van der Waals surface area contributed by atoms with Crippen LogP contribution in [-0.4, -0.2) is 16.5 Å². The monoisotopic (exact) mass is 191 g/mol. The molecule has 0 aliphatic carbocycles. The molecule has 1 aromatic heterocycles. The molecule has 0 radical (unpaired) electrons. The molecule has 0 aliphatic heterocycles. The summed E-state index contributed by atoms with van der Waals surface area (Å²) in [5, 5.41) is 10.5. The molecule has 5 nitrogen and oxygen atoms in total. The topological polar surface area (TPSA) is 82.0 Å². The molecule has 0 spiro atoms. The van der Waals surface area contributed by atoms with Crippen LogP contribution in [0.2, 0.25) is 0 Å². The van der Waals surface area contributed by atoms with Crippen LogP contribution in [0.1, 0.15) is 12.1 Å². The highest BCUT2D eigenvalue weighted by atomic mass is 16.6. The lowest BCUT2D eigenvalue weighted by atomic mass is 10.3. The lowest BCUT2D eigenvalue weighted by Gasteiger charge is -1.92. The summed E-state index contributed by atoms with van der Waals surface area (Å²) in [4.78, 5) is 13.8. The van der Waals surface area contributed by atoms with E-state index in [1.165, 1.54) is 18.3 Å². The maximum Gasteiger partial charge on any atom is 0.303 e. The third kappa shape index (κ3) is 2.54. The van der Waals surface area contributed by atoms with Gasteiger partial charge in [-0.15, -0.1) is 0 Å². The number of hydrogen-bond acceptors (Lipinski definition) is 4. The van der Waals surface area contributed by atoms with Gasteiger partial charge in [-0.2, -0.15) is 0 Å². The third-order valence-electron chi connectivity index (χ3n) is 1.46. The highest BCUT2D eigenvalue weighted by molar-refractivity contribution is 5.45. The second kappa shape index (κ2) is 4.94. The van der Waals surface area contributed by atoms with Crippen molar-refractivity contribution in [3.8, 4) is 11.8 Å². The van der Waals surface area contributed by atoms with Crippen LogP contribution in [0.5, 0.6) is 0 Å². The maximum absolute atomic E-state index is 10.5. The van der Waals surface area contributed by atoms with E-state index in [4.69, 9.17) is 5.73 Å². The predicted molar refractivity (Wildman–Crippen MR) is 51.4 cm³/mol. The summed E-state index contributed by atoms with van der Waals surface area (Å²) in [6, 6.07) is 2.88. The number of aromatic nitrogens is 1. The fourth-order valence-corrected chi connectivity index (χ4v) is 0.859. The summed E-state index contributed by atoms with van der Waals surface area (Å²) in [7, 11) is 0. The van der Waals surface area contributed by atoms with Gasteiger partial charge >= 0.3 is 5.69 Å². The van der Waals surface area contributed by atoms with Gasteiger partial charge in [0.25, 0.3) is 0 Å². The van der Waals surface area contributed by atoms with Crippen molar-refractivity contribution in [2.45, 2.75) is 6.42 Å². The fraction of sp³-hybridized carbons (Fsp3) is 0.222. The second-order valence-electron chi connectivity index (χ2n) is 2.47. The van der Waals surface area contributed by atoms with Crippen molar-refractivity contribution >= 4 is 5.69 Å². The van der Waals surface area contributed by atoms with Crippen molar-refractivity contribution in [3.05, 3.63) is 34.1 Å². The average molecular weight is 191 g/mol. The average Bonchev–Trinajstić information content (AvgIpc) is 2.19. The number of pyridine rings is 1. The van der Waals surface area contributed by atoms with E-state index < -0.39 is 4.92 Å². The summed E-state index contributed by atoms with van der Waals surface area (Å²) in [5.41, 5.74) is 5.35. The van der Waals surface area contributed by atoms with Crippen LogP contribution in [0.15, 0.2) is 18.3 Å². The number of rotatable bonds is 2. The van der Waals surface area contributed by atoms with E-state index in [0.717, 1.165) is 0 Å². The van der Waals surface area contributed by atoms with E-state index in [-0.39, 0.29) is 11.4 Å². The van der Waals surface area contributed by atoms with E-state index in [2.05, 4.69) is 16.8 Å². The quantitative estimate of drug-likeness (QED) is 0.423. The van der Waals surface area contributed by atoms with Gasteiger partial charge in [-0.1, -0.05) is 5.92 Å². The van der Waals surface area contributed by atoms with Gasteiger partial charge < -0.3 is 5.73 Å². The van der Waals surface area contributed by atoms with Crippen molar-refractivity contribution in [3.63, 3.8) is 0 Å². The molecule has 0 amide bonds. The van der Waals surface area contributed by atoms with Crippen molar-refractivity contribution < 1.29 is 4.92 Å². The Kier molecular flexibility index (Phi) is 3.58. The second-order valence-corrected chi connectivity index (χ2v) is 2.47. The molecule has 2 N–H and O–H groups in total. The Morgan fingerprint density at radius 3 is 3.07 bits per heavy atom. The molecule has 0 aliphatic rings. The first-order chi connectivity index (χ1) is 6.75. The molecular formula is C9H9N3O2. The van der Waals surface area contributed by atoms with Gasteiger partial charge in [-0.25, -0.2) is 4.98 Å². The molecule has 0 bridgehead atoms. The third-order valence-corrected chi connectivity index (χ3v) is 1.46. The lowest BCUT2D eigenvalue weighted by molar-refractivity contribution is -0.385. The van der Waals surface area contributed by atoms with Crippen molar-refractivity contribution in [1.29, 1.82) is 0 Å². The van der Waals surface area contributed by atoms with E-state index in [1.54, 1.807) is 0 Å². The minimum Gasteiger partial charge on any atom is -0.330 e. The zero-order valence-electron chi connectivity index (χ0n) is 7.43. The van der Waals surface area contributed by atoms with Crippen LogP contribution in [-0.2, 0) is 0 Å². The number of nitrogens with zero attached hydrogens (tertiary/aromatic N) is 2. The van der Waals surface area contributed by atoms with Crippen molar-refractivity contribution in [1.82, 2.24) is 4.98 Å². The van der Waals surface area contributed by atoms with Gasteiger partial charge in [-0.3, -0.25) is 10.1 Å². The van der Waals surface area contributed by atoms with Gasteiger partial charge in [0.1, 0.15) is 0 Å². The smallest absolute Gasteiger partial charge is 0.303 e. The summed E-state index contributed by atoms with van der Waals surface area (Å²) < 4.78 is 0. The summed E-state index contributed by atoms with van der Waals surface area (Å²) in [6.45, 7) is 0.438. The van der Waals surface area contributed by atoms with Crippen LogP contribution in [0.4, 0.5) is 5.69 Å². The Balaban J connectivity index is 2.97. The molecule has 1 aromatic rings. The fourth-order valence-electron chi connectivity index (χ4n) is 0.859. The molecule has 5 heteroatoms. The van der Waals surface area contributed by atoms with Crippen LogP contribution >= 0.6 is 0 Å². The molecule has 72 valence electrons. The molecule has 1 heterocycles. The minimum absolute atomic E-state index is 0.0722. The van der Waals surface area contributed by atoms with Crippen LogP contribution in [0.25, 0.3) is 0 Å². The molecule has 14 heavy (non-hydrogen) atoms. The molecule has 0 unspecified atom stereocenters. The Hall–Kier alpha value is -1.93. The van der Waals surface area contributed by atoms with E-state index in [9.17, 15) is 10.1 Å². The Labute approximate surface area is 81.1 Å². The van der Waals surface area contributed by atoms with Gasteiger partial charge in [0.05, 0.1) is 4.92 Å². The lowest BCUT2D eigenvalue weighted by Crippen LogP contribution is -1.96. The zero-order valence-corrected chi connectivity index (χ0v) is 7.43. The molecule has 0 aromatic carbocycles. The Morgan fingerprint density at radius 2 is 2.43 bits per heavy atom.